The molecular formula is C12H26N2O8. The molecule has 0 amide bonds. The molecule has 1 unspecified atom stereocenters. The topological polar surface area (TPSA) is 200 Å². The molecule has 0 spiro atoms. The molecule has 22 heavy (non-hydrogen) atoms. The van der Waals surface area contributed by atoms with Gasteiger partial charge in [-0.05, 0) is 19.4 Å². The van der Waals surface area contributed by atoms with Crippen LogP contribution >= 0.6 is 0 Å². The molecule has 0 aliphatic heterocycles. The number of nitrogens with two attached hydrogens (primary N) is 2. The molecule has 0 saturated carbocycles. The molecule has 0 radical (unpaired) electrons. The Balaban J connectivity index is 4.38. The molecule has 10 nitrogen and oxygen atoms in total. The zero-order valence-electron chi connectivity index (χ0n) is 12.2. The Labute approximate surface area is 127 Å². The van der Waals surface area contributed by atoms with Crippen molar-refractivity contribution in [3.8, 4) is 0 Å². The van der Waals surface area contributed by atoms with E-state index in [4.69, 9.17) is 21.7 Å². The summed E-state index contributed by atoms with van der Waals surface area (Å²) < 4.78 is 4.48. The van der Waals surface area contributed by atoms with Crippen LogP contribution in [-0.2, 0) is 9.53 Å². The predicted molar refractivity (Wildman–Crippen MR) is 74.1 cm³/mol. The molecule has 0 aliphatic carbocycles. The van der Waals surface area contributed by atoms with Crippen LogP contribution in [0.2, 0.25) is 0 Å². The minimum Gasteiger partial charge on any atom is -0.432 e. The predicted octanol–water partition coefficient (Wildman–Crippen LogP) is -4.26. The van der Waals surface area contributed by atoms with Gasteiger partial charge in [0, 0.05) is 0 Å². The Morgan fingerprint density at radius 1 is 1.00 bits per heavy atom. The van der Waals surface area contributed by atoms with Crippen molar-refractivity contribution in [1.82, 2.24) is 0 Å². The second-order valence-electron chi connectivity index (χ2n) is 4.94. The largest absolute Gasteiger partial charge is 0.432 e. The standard InChI is InChI=1S/C12H26N2O8/c13-4-2-1-3-6(14)11(20)22-12(21)10(19)9(18)8(17)7(16)5-15/h6-10,12,15-19,21H,1-5,13-14H2/t6-,7+,8+,9-,10+,12?/m0/s1. The van der Waals surface area contributed by atoms with Gasteiger partial charge >= 0.3 is 5.97 Å². The molecule has 10 N–H and O–H groups in total. The molecule has 0 aromatic carbocycles. The third kappa shape index (κ3) is 6.94. The lowest BCUT2D eigenvalue weighted by atomic mass is 10.0. The first-order valence-corrected chi connectivity index (χ1v) is 6.93. The molecular weight excluding hydrogens is 300 g/mol. The molecule has 0 bridgehead atoms. The van der Waals surface area contributed by atoms with Gasteiger partial charge in [0.15, 0.2) is 0 Å². The summed E-state index contributed by atoms with van der Waals surface area (Å²) in [5.41, 5.74) is 10.8. The molecule has 6 atom stereocenters. The van der Waals surface area contributed by atoms with Gasteiger partial charge in [0.1, 0.15) is 30.5 Å². The fraction of sp³-hybridized carbons (Fsp3) is 0.917. The third-order valence-corrected chi connectivity index (χ3v) is 3.08. The highest BCUT2D eigenvalue weighted by Crippen LogP contribution is 2.11. The number of esters is 1. The van der Waals surface area contributed by atoms with E-state index in [1.165, 1.54) is 0 Å². The van der Waals surface area contributed by atoms with Crippen LogP contribution < -0.4 is 11.5 Å². The maximum Gasteiger partial charge on any atom is 0.325 e. The second-order valence-corrected chi connectivity index (χ2v) is 4.94. The van der Waals surface area contributed by atoms with Gasteiger partial charge in [-0.15, -0.1) is 0 Å². The first-order valence-electron chi connectivity index (χ1n) is 6.93. The van der Waals surface area contributed by atoms with E-state index >= 15 is 0 Å². The smallest absolute Gasteiger partial charge is 0.325 e. The number of carbonyl (C=O) groups is 1. The van der Waals surface area contributed by atoms with Crippen LogP contribution in [0, 0.1) is 0 Å². The van der Waals surface area contributed by atoms with Crippen LogP contribution in [0.5, 0.6) is 0 Å². The zero-order chi connectivity index (χ0) is 17.3. The molecule has 0 aromatic rings. The number of rotatable bonds is 11. The summed E-state index contributed by atoms with van der Waals surface area (Å²) in [7, 11) is 0. The highest BCUT2D eigenvalue weighted by Gasteiger charge is 2.36. The summed E-state index contributed by atoms with van der Waals surface area (Å²) in [5, 5.41) is 55.7. The highest BCUT2D eigenvalue weighted by atomic mass is 16.6. The van der Waals surface area contributed by atoms with E-state index in [0.29, 0.717) is 19.4 Å². The van der Waals surface area contributed by atoms with Crippen LogP contribution in [0.3, 0.4) is 0 Å². The van der Waals surface area contributed by atoms with Crippen LogP contribution in [-0.4, -0.2) is 86.5 Å². The molecule has 0 aliphatic rings. The fourth-order valence-corrected chi connectivity index (χ4v) is 1.61. The molecule has 0 aromatic heterocycles. The van der Waals surface area contributed by atoms with Crippen molar-refractivity contribution in [3.05, 3.63) is 0 Å². The minimum atomic E-state index is -2.15. The molecule has 0 fully saturated rings. The van der Waals surface area contributed by atoms with E-state index in [0.717, 1.165) is 0 Å². The summed E-state index contributed by atoms with van der Waals surface area (Å²) >= 11 is 0. The Bertz CT molecular complexity index is 320. The number of hydrogen-bond acceptors (Lipinski definition) is 10. The van der Waals surface area contributed by atoms with Crippen LogP contribution in [0.4, 0.5) is 0 Å². The Hall–Kier alpha value is -0.850. The Morgan fingerprint density at radius 3 is 2.09 bits per heavy atom. The fourth-order valence-electron chi connectivity index (χ4n) is 1.61. The van der Waals surface area contributed by atoms with Gasteiger partial charge in [0.05, 0.1) is 6.61 Å². The summed E-state index contributed by atoms with van der Waals surface area (Å²) in [4.78, 5) is 11.6. The zero-order valence-corrected chi connectivity index (χ0v) is 12.2. The molecule has 0 heterocycles. The van der Waals surface area contributed by atoms with E-state index < -0.39 is 49.3 Å². The van der Waals surface area contributed by atoms with Crippen molar-refractivity contribution in [1.29, 1.82) is 0 Å². The highest BCUT2D eigenvalue weighted by molar-refractivity contribution is 5.75. The van der Waals surface area contributed by atoms with Gasteiger partial charge in [0.25, 0.3) is 0 Å². The van der Waals surface area contributed by atoms with E-state index in [9.17, 15) is 25.2 Å². The van der Waals surface area contributed by atoms with Gasteiger partial charge in [0.2, 0.25) is 6.29 Å². The van der Waals surface area contributed by atoms with E-state index in [1.807, 2.05) is 0 Å². The van der Waals surface area contributed by atoms with Gasteiger partial charge in [-0.2, -0.15) is 0 Å². The third-order valence-electron chi connectivity index (χ3n) is 3.08. The average molecular weight is 326 g/mol. The van der Waals surface area contributed by atoms with E-state index in [1.54, 1.807) is 0 Å². The number of hydrogen-bond donors (Lipinski definition) is 8. The maximum absolute atomic E-state index is 11.6. The summed E-state index contributed by atoms with van der Waals surface area (Å²) in [6.45, 7) is -0.423. The lowest BCUT2D eigenvalue weighted by Gasteiger charge is -2.28. The molecule has 0 saturated heterocycles. The van der Waals surface area contributed by atoms with Crippen molar-refractivity contribution < 1.29 is 40.2 Å². The van der Waals surface area contributed by atoms with Gasteiger partial charge < -0.3 is 46.8 Å². The number of unbranched alkanes of at least 4 members (excludes halogenated alkanes) is 1. The number of aliphatic hydroxyl groups excluding tert-OH is 6. The van der Waals surface area contributed by atoms with Crippen LogP contribution in [0.1, 0.15) is 19.3 Å². The maximum atomic E-state index is 11.6. The first-order chi connectivity index (χ1) is 10.3. The average Bonchev–Trinajstić information content (AvgIpc) is 2.51. The van der Waals surface area contributed by atoms with Crippen molar-refractivity contribution in [2.45, 2.75) is 56.0 Å². The summed E-state index contributed by atoms with van der Waals surface area (Å²) in [5.74, 6) is -0.993. The summed E-state index contributed by atoms with van der Waals surface area (Å²) in [6.07, 6.45) is -8.44. The number of ether oxygens (including phenoxy) is 1. The SMILES string of the molecule is NCCCC[C@H](N)C(=O)OC(O)[C@H](O)[C@@H](O)[C@H](O)[C@H](O)CO. The van der Waals surface area contributed by atoms with Crippen molar-refractivity contribution in [2.24, 2.45) is 11.5 Å². The summed E-state index contributed by atoms with van der Waals surface area (Å²) in [6, 6.07) is -1.03. The van der Waals surface area contributed by atoms with Gasteiger partial charge in [-0.1, -0.05) is 6.42 Å². The Morgan fingerprint density at radius 2 is 1.59 bits per heavy atom. The molecule has 10 heteroatoms. The van der Waals surface area contributed by atoms with Crippen LogP contribution in [0.25, 0.3) is 0 Å². The quantitative estimate of drug-likeness (QED) is 0.104. The van der Waals surface area contributed by atoms with Crippen molar-refractivity contribution in [3.63, 3.8) is 0 Å². The van der Waals surface area contributed by atoms with Gasteiger partial charge in [-0.25, -0.2) is 0 Å². The normalized spacial score (nSPS) is 19.8. The first kappa shape index (κ1) is 21.1. The minimum absolute atomic E-state index is 0.271. The van der Waals surface area contributed by atoms with E-state index in [-0.39, 0.29) is 6.42 Å². The lowest BCUT2D eigenvalue weighted by Crippen LogP contribution is -2.51. The molecule has 0 rings (SSSR count). The van der Waals surface area contributed by atoms with Gasteiger partial charge in [-0.3, -0.25) is 4.79 Å². The lowest BCUT2D eigenvalue weighted by molar-refractivity contribution is -0.214. The monoisotopic (exact) mass is 326 g/mol. The van der Waals surface area contributed by atoms with Crippen molar-refractivity contribution in [2.75, 3.05) is 13.2 Å². The second kappa shape index (κ2) is 10.8. The Kier molecular flexibility index (Phi) is 10.4. The van der Waals surface area contributed by atoms with Crippen LogP contribution in [0.15, 0.2) is 0 Å². The number of aliphatic hydroxyl groups is 6. The number of carbonyl (C=O) groups excluding carboxylic acids is 1. The molecule has 132 valence electrons. The van der Waals surface area contributed by atoms with E-state index in [2.05, 4.69) is 4.74 Å². The van der Waals surface area contributed by atoms with Crippen molar-refractivity contribution >= 4 is 5.97 Å².